The molecular weight excluding hydrogens is 395 g/mol. The van der Waals surface area contributed by atoms with Crippen molar-refractivity contribution < 1.29 is 18.3 Å². The van der Waals surface area contributed by atoms with E-state index in [0.29, 0.717) is 30.5 Å². The van der Waals surface area contributed by atoms with Gasteiger partial charge in [0.1, 0.15) is 23.8 Å². The number of carbonyl (C=O) groups is 1. The van der Waals surface area contributed by atoms with Gasteiger partial charge in [-0.25, -0.2) is 24.1 Å². The Labute approximate surface area is 169 Å². The van der Waals surface area contributed by atoms with Crippen LogP contribution in [0.2, 0.25) is 0 Å². The lowest BCUT2D eigenvalue weighted by Crippen LogP contribution is -2.36. The Morgan fingerprint density at radius 2 is 2.13 bits per heavy atom. The minimum atomic E-state index is -0.956. The second-order valence-electron chi connectivity index (χ2n) is 6.48. The molecule has 0 saturated heterocycles. The van der Waals surface area contributed by atoms with Gasteiger partial charge in [-0.15, -0.1) is 0 Å². The van der Waals surface area contributed by atoms with E-state index in [-0.39, 0.29) is 17.9 Å². The van der Waals surface area contributed by atoms with Gasteiger partial charge in [-0.05, 0) is 6.07 Å². The summed E-state index contributed by atoms with van der Waals surface area (Å²) >= 11 is 0. The number of oxazole rings is 1. The fraction of sp³-hybridized carbons (Fsp3) is 0.222. The summed E-state index contributed by atoms with van der Waals surface area (Å²) in [4.78, 5) is 30.3. The third-order valence-electron chi connectivity index (χ3n) is 4.32. The van der Waals surface area contributed by atoms with Crippen LogP contribution in [-0.4, -0.2) is 32.0 Å². The molecular formula is C18H17FN8O3. The summed E-state index contributed by atoms with van der Waals surface area (Å²) < 4.78 is 25.2. The smallest absolute Gasteiger partial charge is 0.414 e. The van der Waals surface area contributed by atoms with Gasteiger partial charge < -0.3 is 19.8 Å². The lowest BCUT2D eigenvalue weighted by atomic mass is 10.1. The quantitative estimate of drug-likeness (QED) is 0.428. The number of nitrogens with one attached hydrogen (secondary N) is 2. The van der Waals surface area contributed by atoms with Gasteiger partial charge in [0.05, 0.1) is 13.1 Å². The SMILES string of the molecule is Cc1nc2c(o1)CN(c1ncc(-c3nccc(COC(=O)NC(=N)N)c3F)cn1)C2. The number of hydrogen-bond donors (Lipinski definition) is 3. The Morgan fingerprint density at radius 1 is 1.37 bits per heavy atom. The van der Waals surface area contributed by atoms with Crippen molar-refractivity contribution in [2.75, 3.05) is 4.90 Å². The summed E-state index contributed by atoms with van der Waals surface area (Å²) in [6.07, 6.45) is 3.38. The number of amides is 1. The Hall–Kier alpha value is -4.09. The summed E-state index contributed by atoms with van der Waals surface area (Å²) in [5, 5.41) is 8.92. The Kier molecular flexibility index (Phi) is 4.96. The van der Waals surface area contributed by atoms with Crippen LogP contribution in [0, 0.1) is 18.2 Å². The molecule has 0 atom stereocenters. The number of hydrogen-bond acceptors (Lipinski definition) is 9. The number of carbonyl (C=O) groups excluding carboxylic acids is 1. The highest BCUT2D eigenvalue weighted by Gasteiger charge is 2.26. The number of nitrogens with zero attached hydrogens (tertiary/aromatic N) is 5. The number of ether oxygens (including phenoxy) is 1. The largest absolute Gasteiger partial charge is 0.444 e. The monoisotopic (exact) mass is 412 g/mol. The lowest BCUT2D eigenvalue weighted by Gasteiger charge is -2.15. The normalized spacial score (nSPS) is 12.5. The van der Waals surface area contributed by atoms with E-state index in [1.165, 1.54) is 24.7 Å². The molecule has 4 rings (SSSR count). The highest BCUT2D eigenvalue weighted by Crippen LogP contribution is 2.27. The van der Waals surface area contributed by atoms with Gasteiger partial charge in [0, 0.05) is 36.6 Å². The second-order valence-corrected chi connectivity index (χ2v) is 6.48. The van der Waals surface area contributed by atoms with Crippen LogP contribution < -0.4 is 16.0 Å². The maximum Gasteiger partial charge on any atom is 0.414 e. The average Bonchev–Trinajstić information content (AvgIpc) is 3.24. The summed E-state index contributed by atoms with van der Waals surface area (Å²) in [7, 11) is 0. The molecule has 0 fully saturated rings. The van der Waals surface area contributed by atoms with Crippen LogP contribution in [0.5, 0.6) is 0 Å². The van der Waals surface area contributed by atoms with Gasteiger partial charge in [0.25, 0.3) is 0 Å². The van der Waals surface area contributed by atoms with Gasteiger partial charge in [-0.2, -0.15) is 0 Å². The summed E-state index contributed by atoms with van der Waals surface area (Å²) in [5.74, 6) is 0.643. The summed E-state index contributed by atoms with van der Waals surface area (Å²) in [6.45, 7) is 2.49. The van der Waals surface area contributed by atoms with Gasteiger partial charge in [-0.3, -0.25) is 15.7 Å². The van der Waals surface area contributed by atoms with Gasteiger partial charge in [-0.1, -0.05) is 0 Å². The fourth-order valence-corrected chi connectivity index (χ4v) is 3.00. The molecule has 0 radical (unpaired) electrons. The van der Waals surface area contributed by atoms with Crippen molar-refractivity contribution in [3.63, 3.8) is 0 Å². The average molecular weight is 412 g/mol. The molecule has 12 heteroatoms. The lowest BCUT2D eigenvalue weighted by molar-refractivity contribution is 0.143. The number of aromatic nitrogens is 4. The molecule has 0 bridgehead atoms. The first kappa shape index (κ1) is 19.2. The van der Waals surface area contributed by atoms with Crippen molar-refractivity contribution in [3.05, 3.63) is 53.4 Å². The first-order valence-corrected chi connectivity index (χ1v) is 8.84. The Morgan fingerprint density at radius 3 is 2.83 bits per heavy atom. The Bertz CT molecular complexity index is 1090. The fourth-order valence-electron chi connectivity index (χ4n) is 3.00. The molecule has 3 aromatic heterocycles. The zero-order valence-corrected chi connectivity index (χ0v) is 15.8. The number of guanidine groups is 1. The number of nitrogens with two attached hydrogens (primary N) is 1. The van der Waals surface area contributed by atoms with Gasteiger partial charge in [0.15, 0.2) is 17.7 Å². The van der Waals surface area contributed by atoms with E-state index in [1.54, 1.807) is 6.92 Å². The first-order valence-electron chi connectivity index (χ1n) is 8.84. The van der Waals surface area contributed by atoms with Gasteiger partial charge in [0.2, 0.25) is 5.95 Å². The van der Waals surface area contributed by atoms with Gasteiger partial charge >= 0.3 is 6.09 Å². The number of anilines is 1. The molecule has 3 aromatic rings. The van der Waals surface area contributed by atoms with Crippen LogP contribution in [0.25, 0.3) is 11.3 Å². The maximum atomic E-state index is 14.8. The molecule has 4 heterocycles. The number of rotatable bonds is 4. The molecule has 11 nitrogen and oxygen atoms in total. The zero-order valence-electron chi connectivity index (χ0n) is 15.8. The molecule has 0 spiro atoms. The van der Waals surface area contributed by atoms with E-state index >= 15 is 0 Å². The molecule has 1 amide bonds. The Balaban J connectivity index is 1.47. The predicted molar refractivity (Wildman–Crippen MR) is 102 cm³/mol. The third-order valence-corrected chi connectivity index (χ3v) is 4.32. The van der Waals surface area contributed by atoms with E-state index in [0.717, 1.165) is 11.5 Å². The number of aryl methyl sites for hydroxylation is 1. The predicted octanol–water partition coefficient (Wildman–Crippen LogP) is 1.61. The molecule has 154 valence electrons. The molecule has 0 unspecified atom stereocenters. The molecule has 30 heavy (non-hydrogen) atoms. The maximum absolute atomic E-state index is 14.8. The topological polar surface area (TPSA) is 156 Å². The number of alkyl carbamates (subject to hydrolysis) is 1. The van der Waals surface area contributed by atoms with Crippen molar-refractivity contribution in [3.8, 4) is 11.3 Å². The van der Waals surface area contributed by atoms with Crippen molar-refractivity contribution in [2.45, 2.75) is 26.6 Å². The van der Waals surface area contributed by atoms with E-state index in [4.69, 9.17) is 20.3 Å². The van der Waals surface area contributed by atoms with Crippen LogP contribution in [0.3, 0.4) is 0 Å². The highest BCUT2D eigenvalue weighted by molar-refractivity contribution is 5.90. The molecule has 0 aliphatic carbocycles. The van der Waals surface area contributed by atoms with Crippen molar-refractivity contribution in [2.24, 2.45) is 5.73 Å². The van der Waals surface area contributed by atoms with E-state index in [2.05, 4.69) is 19.9 Å². The standard InChI is InChI=1S/C18H17FN8O3/c1-9-25-12-6-27(7-13(12)30-9)17-23-4-11(5-24-17)15-14(19)10(2-3-22-15)8-29-18(28)26-16(20)21/h2-5H,6-8H2,1H3,(H4,20,21,26,28). The van der Waals surface area contributed by atoms with Crippen LogP contribution in [0.1, 0.15) is 22.9 Å². The van der Waals surface area contributed by atoms with Crippen molar-refractivity contribution in [1.82, 2.24) is 25.3 Å². The number of pyridine rings is 1. The first-order chi connectivity index (χ1) is 14.4. The molecule has 1 aliphatic rings. The number of fused-ring (bicyclic) bond motifs is 1. The van der Waals surface area contributed by atoms with Crippen molar-refractivity contribution in [1.29, 1.82) is 5.41 Å². The van der Waals surface area contributed by atoms with Crippen LogP contribution in [0.15, 0.2) is 29.1 Å². The molecule has 0 saturated carbocycles. The molecule has 1 aliphatic heterocycles. The van der Waals surface area contributed by atoms with Crippen molar-refractivity contribution >= 4 is 18.0 Å². The van der Waals surface area contributed by atoms with E-state index in [9.17, 15) is 9.18 Å². The van der Waals surface area contributed by atoms with E-state index in [1.807, 2.05) is 10.2 Å². The second kappa shape index (κ2) is 7.73. The highest BCUT2D eigenvalue weighted by atomic mass is 19.1. The zero-order chi connectivity index (χ0) is 21.3. The summed E-state index contributed by atoms with van der Waals surface area (Å²) in [5.41, 5.74) is 6.40. The third kappa shape index (κ3) is 3.87. The van der Waals surface area contributed by atoms with Crippen LogP contribution >= 0.6 is 0 Å². The summed E-state index contributed by atoms with van der Waals surface area (Å²) in [6, 6.07) is 1.38. The van der Waals surface area contributed by atoms with Crippen LogP contribution in [-0.2, 0) is 24.4 Å². The number of halogens is 1. The molecule has 0 aromatic carbocycles. The van der Waals surface area contributed by atoms with E-state index < -0.39 is 17.9 Å². The minimum Gasteiger partial charge on any atom is -0.444 e. The van der Waals surface area contributed by atoms with Crippen LogP contribution in [0.4, 0.5) is 15.1 Å². The minimum absolute atomic E-state index is 0.0280. The molecule has 4 N–H and O–H groups in total.